The van der Waals surface area contributed by atoms with Crippen molar-refractivity contribution < 1.29 is 32.8 Å². The van der Waals surface area contributed by atoms with Crippen molar-refractivity contribution in [1.29, 1.82) is 0 Å². The van der Waals surface area contributed by atoms with Gasteiger partial charge in [0.25, 0.3) is 5.91 Å². The number of hydrogen-bond acceptors (Lipinski definition) is 8. The minimum absolute atomic E-state index is 0.133. The predicted octanol–water partition coefficient (Wildman–Crippen LogP) is 4.23. The number of nitrogens with one attached hydrogen (secondary N) is 1. The number of carbonyl (C=O) groups excluding carboxylic acids is 3. The molecule has 2 aromatic carbocycles. The zero-order valence-corrected chi connectivity index (χ0v) is 23.5. The van der Waals surface area contributed by atoms with Crippen LogP contribution in [0.4, 0.5) is 0 Å². The van der Waals surface area contributed by atoms with E-state index >= 15 is 0 Å². The Bertz CT molecular complexity index is 1380. The van der Waals surface area contributed by atoms with Crippen molar-refractivity contribution in [3.05, 3.63) is 83.2 Å². The summed E-state index contributed by atoms with van der Waals surface area (Å²) in [5.41, 5.74) is 2.45. The lowest BCUT2D eigenvalue weighted by molar-refractivity contribution is -0.150. The number of hydrogen-bond donors (Lipinski definition) is 1. The Morgan fingerprint density at radius 2 is 1.69 bits per heavy atom. The van der Waals surface area contributed by atoms with Gasteiger partial charge >= 0.3 is 11.9 Å². The molecular formula is C29H32N2O7S. The average Bonchev–Trinajstić information content (AvgIpc) is 2.89. The molecule has 3 rings (SSSR count). The number of benzene rings is 2. The summed E-state index contributed by atoms with van der Waals surface area (Å²) >= 11 is 0. The van der Waals surface area contributed by atoms with Crippen LogP contribution in [0.2, 0.25) is 0 Å². The molecule has 3 aromatic rings. The van der Waals surface area contributed by atoms with Crippen LogP contribution in [0.1, 0.15) is 53.2 Å². The topological polar surface area (TPSA) is 121 Å². The first-order valence-corrected chi connectivity index (χ1v) is 13.5. The third kappa shape index (κ3) is 7.29. The van der Waals surface area contributed by atoms with Crippen molar-refractivity contribution in [2.75, 3.05) is 7.11 Å². The normalized spacial score (nSPS) is 13.9. The van der Waals surface area contributed by atoms with E-state index in [9.17, 15) is 18.6 Å². The molecule has 1 heterocycles. The van der Waals surface area contributed by atoms with Crippen LogP contribution in [0.25, 0.3) is 0 Å². The van der Waals surface area contributed by atoms with Crippen LogP contribution in [-0.2, 0) is 25.1 Å². The van der Waals surface area contributed by atoms with Crippen molar-refractivity contribution in [2.45, 2.75) is 56.9 Å². The first kappa shape index (κ1) is 29.5. The number of aryl methyl sites for hydroxylation is 2. The van der Waals surface area contributed by atoms with Crippen molar-refractivity contribution in [1.82, 2.24) is 10.3 Å². The summed E-state index contributed by atoms with van der Waals surface area (Å²) in [6.45, 7) is 8.17. The summed E-state index contributed by atoms with van der Waals surface area (Å²) in [5, 5.41) is 1.87. The van der Waals surface area contributed by atoms with Gasteiger partial charge < -0.3 is 19.5 Å². The van der Waals surface area contributed by atoms with Crippen LogP contribution in [0.5, 0.6) is 11.5 Å². The van der Waals surface area contributed by atoms with Gasteiger partial charge in [0, 0.05) is 24.1 Å². The van der Waals surface area contributed by atoms with E-state index in [-0.39, 0.29) is 17.2 Å². The number of carbonyl (C=O) groups is 3. The number of aromatic nitrogens is 1. The van der Waals surface area contributed by atoms with E-state index in [1.807, 2.05) is 62.4 Å². The molecule has 0 spiro atoms. The van der Waals surface area contributed by atoms with E-state index in [0.29, 0.717) is 4.90 Å². The highest BCUT2D eigenvalue weighted by Crippen LogP contribution is 2.32. The zero-order valence-electron chi connectivity index (χ0n) is 22.7. The molecule has 1 unspecified atom stereocenters. The Morgan fingerprint density at radius 3 is 2.31 bits per heavy atom. The van der Waals surface area contributed by atoms with Crippen LogP contribution in [0.3, 0.4) is 0 Å². The largest absolute Gasteiger partial charge is 0.493 e. The maximum atomic E-state index is 13.8. The second kappa shape index (κ2) is 13.1. The maximum absolute atomic E-state index is 13.8. The summed E-state index contributed by atoms with van der Waals surface area (Å²) in [6, 6.07) is 15.2. The lowest BCUT2D eigenvalue weighted by Gasteiger charge is -2.26. The van der Waals surface area contributed by atoms with E-state index in [1.54, 1.807) is 6.92 Å². The Hall–Kier alpha value is -4.05. The van der Waals surface area contributed by atoms with Gasteiger partial charge in [-0.25, -0.2) is 9.78 Å². The van der Waals surface area contributed by atoms with Gasteiger partial charge in [0.15, 0.2) is 11.4 Å². The third-order valence-electron chi connectivity index (χ3n) is 5.88. The first-order valence-electron chi connectivity index (χ1n) is 12.3. The van der Waals surface area contributed by atoms with E-state index < -0.39 is 46.0 Å². The Kier molecular flexibility index (Phi) is 9.95. The SMILES string of the molecule is COc1ccnc(C(=O)N[C@@H](C)C(=O)O[C@@H](C)[C@@H](c2ccccc2)S(=O)c2ccc(C)cc2C)c1OC(C)=O. The number of pyridine rings is 1. The fourth-order valence-electron chi connectivity index (χ4n) is 4.04. The number of esters is 2. The molecule has 10 heteroatoms. The Labute approximate surface area is 230 Å². The van der Waals surface area contributed by atoms with Gasteiger partial charge in [0.1, 0.15) is 17.4 Å². The van der Waals surface area contributed by atoms with E-state index in [0.717, 1.165) is 16.7 Å². The average molecular weight is 553 g/mol. The van der Waals surface area contributed by atoms with E-state index in [4.69, 9.17) is 14.2 Å². The highest BCUT2D eigenvalue weighted by molar-refractivity contribution is 7.85. The first-order chi connectivity index (χ1) is 18.5. The van der Waals surface area contributed by atoms with Crippen molar-refractivity contribution >= 4 is 28.6 Å². The Morgan fingerprint density at radius 1 is 1.00 bits per heavy atom. The highest BCUT2D eigenvalue weighted by atomic mass is 32.2. The molecule has 0 radical (unpaired) electrons. The molecule has 1 amide bonds. The van der Waals surface area contributed by atoms with Crippen molar-refractivity contribution in [3.8, 4) is 11.5 Å². The quantitative estimate of drug-likeness (QED) is 0.371. The molecule has 1 N–H and O–H groups in total. The van der Waals surface area contributed by atoms with Crippen molar-refractivity contribution in [2.24, 2.45) is 0 Å². The number of nitrogens with zero attached hydrogens (tertiary/aromatic N) is 1. The Balaban J connectivity index is 1.81. The molecule has 0 saturated carbocycles. The molecule has 206 valence electrons. The molecule has 0 aliphatic carbocycles. The number of ether oxygens (including phenoxy) is 3. The highest BCUT2D eigenvalue weighted by Gasteiger charge is 2.32. The molecule has 0 saturated heterocycles. The summed E-state index contributed by atoms with van der Waals surface area (Å²) in [7, 11) is -0.184. The van der Waals surface area contributed by atoms with Gasteiger partial charge in [-0.1, -0.05) is 48.0 Å². The van der Waals surface area contributed by atoms with Crippen LogP contribution < -0.4 is 14.8 Å². The summed E-state index contributed by atoms with van der Waals surface area (Å²) in [6.07, 6.45) is 0.519. The second-order valence-corrected chi connectivity index (χ2v) is 10.6. The fourth-order valence-corrected chi connectivity index (χ4v) is 5.70. The van der Waals surface area contributed by atoms with Gasteiger partial charge in [-0.05, 0) is 44.9 Å². The minimum Gasteiger partial charge on any atom is -0.493 e. The third-order valence-corrected chi connectivity index (χ3v) is 7.89. The van der Waals surface area contributed by atoms with Crippen LogP contribution in [-0.4, -0.2) is 46.3 Å². The van der Waals surface area contributed by atoms with E-state index in [1.165, 1.54) is 33.2 Å². The van der Waals surface area contributed by atoms with Gasteiger partial charge in [-0.15, -0.1) is 0 Å². The predicted molar refractivity (Wildman–Crippen MR) is 146 cm³/mol. The lowest BCUT2D eigenvalue weighted by Crippen LogP contribution is -2.42. The minimum atomic E-state index is -1.54. The molecule has 0 aliphatic heterocycles. The fraction of sp³-hybridized carbons (Fsp3) is 0.310. The molecule has 4 atom stereocenters. The molecule has 0 fully saturated rings. The molecule has 1 aromatic heterocycles. The smallest absolute Gasteiger partial charge is 0.328 e. The molecule has 0 aliphatic rings. The molecule has 0 bridgehead atoms. The zero-order chi connectivity index (χ0) is 28.7. The van der Waals surface area contributed by atoms with Gasteiger partial charge in [0.2, 0.25) is 5.75 Å². The summed E-state index contributed by atoms with van der Waals surface area (Å²) in [4.78, 5) is 42.2. The van der Waals surface area contributed by atoms with Gasteiger partial charge in [0.05, 0.1) is 17.9 Å². The van der Waals surface area contributed by atoms with Gasteiger partial charge in [-0.2, -0.15) is 0 Å². The van der Waals surface area contributed by atoms with Crippen LogP contribution >= 0.6 is 0 Å². The van der Waals surface area contributed by atoms with Crippen molar-refractivity contribution in [3.63, 3.8) is 0 Å². The monoisotopic (exact) mass is 552 g/mol. The number of methoxy groups -OCH3 is 1. The molecular weight excluding hydrogens is 520 g/mol. The second-order valence-electron chi connectivity index (χ2n) is 9.02. The lowest BCUT2D eigenvalue weighted by atomic mass is 10.1. The number of amides is 1. The van der Waals surface area contributed by atoms with Crippen LogP contribution in [0, 0.1) is 13.8 Å². The summed E-state index contributed by atoms with van der Waals surface area (Å²) < 4.78 is 29.8. The molecule has 39 heavy (non-hydrogen) atoms. The number of rotatable bonds is 10. The standard InChI is InChI=1S/C29H32N2O7S/c1-17-12-13-24(18(2)16-17)39(35)27(22-10-8-7-9-11-22)20(4)37-29(34)19(3)31-28(33)25-26(38-21(5)32)23(36-6)14-15-30-25/h7-16,19-20,27H,1-6H3,(H,31,33)/t19-,20-,27-,39?/m0/s1. The van der Waals surface area contributed by atoms with Crippen LogP contribution in [0.15, 0.2) is 65.7 Å². The van der Waals surface area contributed by atoms with Gasteiger partial charge in [-0.3, -0.25) is 13.8 Å². The maximum Gasteiger partial charge on any atom is 0.328 e. The molecule has 9 nitrogen and oxygen atoms in total. The van der Waals surface area contributed by atoms with E-state index in [2.05, 4.69) is 10.3 Å². The summed E-state index contributed by atoms with van der Waals surface area (Å²) in [5.74, 6) is -2.19.